The van der Waals surface area contributed by atoms with Gasteiger partial charge >= 0.3 is 0 Å². The van der Waals surface area contributed by atoms with E-state index in [0.29, 0.717) is 42.6 Å². The highest BCUT2D eigenvalue weighted by Crippen LogP contribution is 2.36. The maximum atomic E-state index is 12.7. The SMILES string of the molecule is Cc1noc(C)c1C(=O)N1CC2(C[C@@H](Oc3ccccn3)CCO2)C1. The van der Waals surface area contributed by atoms with E-state index in [1.165, 1.54) is 0 Å². The number of hydrogen-bond acceptors (Lipinski definition) is 6. The van der Waals surface area contributed by atoms with E-state index >= 15 is 0 Å². The van der Waals surface area contributed by atoms with Gasteiger partial charge in [0.05, 0.1) is 25.4 Å². The molecule has 132 valence electrons. The van der Waals surface area contributed by atoms with Crippen molar-refractivity contribution in [3.63, 3.8) is 0 Å². The monoisotopic (exact) mass is 343 g/mol. The van der Waals surface area contributed by atoms with Gasteiger partial charge in [0, 0.05) is 25.1 Å². The van der Waals surface area contributed by atoms with Crippen molar-refractivity contribution in [3.8, 4) is 5.88 Å². The zero-order valence-corrected chi connectivity index (χ0v) is 14.4. The number of nitrogens with zero attached hydrogens (tertiary/aromatic N) is 3. The van der Waals surface area contributed by atoms with Crippen LogP contribution in [0, 0.1) is 13.8 Å². The van der Waals surface area contributed by atoms with Crippen LogP contribution in [-0.2, 0) is 4.74 Å². The predicted molar refractivity (Wildman–Crippen MR) is 88.5 cm³/mol. The summed E-state index contributed by atoms with van der Waals surface area (Å²) < 4.78 is 17.1. The molecule has 2 aromatic rings. The highest BCUT2D eigenvalue weighted by molar-refractivity contribution is 5.96. The molecule has 0 N–H and O–H groups in total. The topological polar surface area (TPSA) is 77.7 Å². The predicted octanol–water partition coefficient (Wildman–Crippen LogP) is 2.14. The molecular formula is C18H21N3O4. The molecule has 0 unspecified atom stereocenters. The Kier molecular flexibility index (Phi) is 3.95. The number of aromatic nitrogens is 2. The average molecular weight is 343 g/mol. The standard InChI is InChI=1S/C18H21N3O4/c1-12-16(13(2)25-20-12)17(22)21-10-18(11-21)9-14(6-8-23-18)24-15-5-3-4-7-19-15/h3-5,7,14H,6,8-11H2,1-2H3/t14-/m0/s1. The first-order valence-corrected chi connectivity index (χ1v) is 8.50. The zero-order chi connectivity index (χ0) is 17.4. The fourth-order valence-electron chi connectivity index (χ4n) is 3.63. The van der Waals surface area contributed by atoms with Crippen LogP contribution in [0.1, 0.15) is 34.7 Å². The maximum absolute atomic E-state index is 12.7. The average Bonchev–Trinajstić information content (AvgIpc) is 2.92. The second-order valence-corrected chi connectivity index (χ2v) is 6.79. The van der Waals surface area contributed by atoms with Crippen LogP contribution in [0.5, 0.6) is 5.88 Å². The lowest BCUT2D eigenvalue weighted by molar-refractivity contribution is -0.174. The van der Waals surface area contributed by atoms with Crippen molar-refractivity contribution >= 4 is 5.91 Å². The van der Waals surface area contributed by atoms with Gasteiger partial charge in [0.1, 0.15) is 23.0 Å². The van der Waals surface area contributed by atoms with E-state index < -0.39 is 0 Å². The summed E-state index contributed by atoms with van der Waals surface area (Å²) in [7, 11) is 0. The molecule has 1 amide bonds. The largest absolute Gasteiger partial charge is 0.474 e. The molecule has 0 aromatic carbocycles. The molecule has 0 radical (unpaired) electrons. The Bertz CT molecular complexity index is 748. The molecule has 0 aliphatic carbocycles. The smallest absolute Gasteiger partial charge is 0.259 e. The molecule has 4 heterocycles. The summed E-state index contributed by atoms with van der Waals surface area (Å²) in [5.74, 6) is 1.15. The highest BCUT2D eigenvalue weighted by atomic mass is 16.5. The van der Waals surface area contributed by atoms with E-state index in [0.717, 1.165) is 12.8 Å². The van der Waals surface area contributed by atoms with Gasteiger partial charge in [0.15, 0.2) is 0 Å². The third kappa shape index (κ3) is 3.00. The van der Waals surface area contributed by atoms with Gasteiger partial charge in [-0.15, -0.1) is 0 Å². The molecule has 2 fully saturated rings. The number of rotatable bonds is 3. The van der Waals surface area contributed by atoms with Crippen LogP contribution in [0.25, 0.3) is 0 Å². The minimum absolute atomic E-state index is 0.0433. The summed E-state index contributed by atoms with van der Waals surface area (Å²) in [6.45, 7) is 5.31. The van der Waals surface area contributed by atoms with E-state index in [1.807, 2.05) is 18.2 Å². The maximum Gasteiger partial charge on any atom is 0.259 e. The Morgan fingerprint density at radius 2 is 2.20 bits per heavy atom. The number of likely N-dealkylation sites (tertiary alicyclic amines) is 1. The van der Waals surface area contributed by atoms with Gasteiger partial charge in [-0.3, -0.25) is 4.79 Å². The van der Waals surface area contributed by atoms with Crippen LogP contribution >= 0.6 is 0 Å². The summed E-state index contributed by atoms with van der Waals surface area (Å²) in [5.41, 5.74) is 0.878. The summed E-state index contributed by atoms with van der Waals surface area (Å²) in [4.78, 5) is 18.7. The van der Waals surface area contributed by atoms with E-state index in [9.17, 15) is 4.79 Å². The van der Waals surface area contributed by atoms with Gasteiger partial charge in [-0.05, 0) is 19.9 Å². The molecule has 1 atom stereocenters. The first-order valence-electron chi connectivity index (χ1n) is 8.50. The molecular weight excluding hydrogens is 322 g/mol. The van der Waals surface area contributed by atoms with Crippen LogP contribution in [-0.4, -0.2) is 52.3 Å². The number of ether oxygens (including phenoxy) is 2. The van der Waals surface area contributed by atoms with Gasteiger partial charge in [0.2, 0.25) is 5.88 Å². The summed E-state index contributed by atoms with van der Waals surface area (Å²) in [6, 6.07) is 5.63. The molecule has 7 heteroatoms. The second kappa shape index (κ2) is 6.15. The van der Waals surface area contributed by atoms with Gasteiger partial charge in [-0.2, -0.15) is 0 Å². The Labute approximate surface area is 145 Å². The van der Waals surface area contributed by atoms with Crippen molar-refractivity contribution in [1.82, 2.24) is 15.0 Å². The minimum Gasteiger partial charge on any atom is -0.474 e. The number of aryl methyl sites for hydroxylation is 2. The molecule has 25 heavy (non-hydrogen) atoms. The van der Waals surface area contributed by atoms with Crippen LogP contribution in [0.4, 0.5) is 0 Å². The first kappa shape index (κ1) is 16.1. The Morgan fingerprint density at radius 3 is 2.88 bits per heavy atom. The Morgan fingerprint density at radius 1 is 1.36 bits per heavy atom. The zero-order valence-electron chi connectivity index (χ0n) is 14.4. The normalized spacial score (nSPS) is 21.8. The highest BCUT2D eigenvalue weighted by Gasteiger charge is 2.50. The lowest BCUT2D eigenvalue weighted by Gasteiger charge is -2.52. The number of carbonyl (C=O) groups excluding carboxylic acids is 1. The van der Waals surface area contributed by atoms with Crippen molar-refractivity contribution in [2.45, 2.75) is 38.4 Å². The number of hydrogen-bond donors (Lipinski definition) is 0. The van der Waals surface area contributed by atoms with Gasteiger partial charge < -0.3 is 18.9 Å². The third-order valence-electron chi connectivity index (χ3n) is 4.87. The van der Waals surface area contributed by atoms with Crippen LogP contribution < -0.4 is 4.74 Å². The molecule has 2 saturated heterocycles. The van der Waals surface area contributed by atoms with Crippen LogP contribution in [0.15, 0.2) is 28.9 Å². The molecule has 2 aromatic heterocycles. The van der Waals surface area contributed by atoms with Crippen molar-refractivity contribution in [1.29, 1.82) is 0 Å². The van der Waals surface area contributed by atoms with Gasteiger partial charge in [-0.25, -0.2) is 4.98 Å². The van der Waals surface area contributed by atoms with Gasteiger partial charge in [0.25, 0.3) is 5.91 Å². The Hall–Kier alpha value is -2.41. The molecule has 1 spiro atoms. The van der Waals surface area contributed by atoms with Crippen molar-refractivity contribution in [2.24, 2.45) is 0 Å². The van der Waals surface area contributed by atoms with E-state index in [1.54, 1.807) is 24.9 Å². The molecule has 7 nitrogen and oxygen atoms in total. The molecule has 2 aliphatic heterocycles. The lowest BCUT2D eigenvalue weighted by atomic mass is 9.84. The third-order valence-corrected chi connectivity index (χ3v) is 4.87. The van der Waals surface area contributed by atoms with Crippen molar-refractivity contribution in [2.75, 3.05) is 19.7 Å². The van der Waals surface area contributed by atoms with E-state index in [-0.39, 0.29) is 17.6 Å². The molecule has 4 rings (SSSR count). The van der Waals surface area contributed by atoms with Crippen molar-refractivity contribution < 1.29 is 18.8 Å². The van der Waals surface area contributed by atoms with Crippen molar-refractivity contribution in [3.05, 3.63) is 41.4 Å². The molecule has 0 bridgehead atoms. The van der Waals surface area contributed by atoms with Gasteiger partial charge in [-0.1, -0.05) is 11.2 Å². The Balaban J connectivity index is 1.39. The van der Waals surface area contributed by atoms with E-state index in [4.69, 9.17) is 14.0 Å². The van der Waals surface area contributed by atoms with E-state index in [2.05, 4.69) is 10.1 Å². The fourth-order valence-corrected chi connectivity index (χ4v) is 3.63. The summed E-state index contributed by atoms with van der Waals surface area (Å²) in [5, 5.41) is 3.86. The molecule has 0 saturated carbocycles. The van der Waals surface area contributed by atoms with Crippen LogP contribution in [0.2, 0.25) is 0 Å². The first-order chi connectivity index (χ1) is 12.1. The number of carbonyl (C=O) groups is 1. The molecule has 2 aliphatic rings. The number of amides is 1. The summed E-state index contributed by atoms with van der Waals surface area (Å²) >= 11 is 0. The second-order valence-electron chi connectivity index (χ2n) is 6.79. The lowest BCUT2D eigenvalue weighted by Crippen LogP contribution is -2.67. The fraction of sp³-hybridized carbons (Fsp3) is 0.500. The summed E-state index contributed by atoms with van der Waals surface area (Å²) in [6.07, 6.45) is 3.36. The minimum atomic E-state index is -0.313. The quantitative estimate of drug-likeness (QED) is 0.850. The van der Waals surface area contributed by atoms with Crippen LogP contribution in [0.3, 0.4) is 0 Å². The number of pyridine rings is 1.